The minimum absolute atomic E-state index is 0.0158. The van der Waals surface area contributed by atoms with Crippen molar-refractivity contribution in [1.29, 1.82) is 0 Å². The van der Waals surface area contributed by atoms with Crippen molar-refractivity contribution in [3.05, 3.63) is 11.8 Å². The average molecular weight is 432 g/mol. The summed E-state index contributed by atoms with van der Waals surface area (Å²) in [5, 5.41) is 15.6. The normalized spacial score (nSPS) is 18.7. The topological polar surface area (TPSA) is 116 Å². The molecular formula is C15H21N5O4S3. The molecular weight excluding hydrogens is 410 g/mol. The molecule has 148 valence electrons. The van der Waals surface area contributed by atoms with Crippen molar-refractivity contribution < 1.29 is 17.9 Å². The van der Waals surface area contributed by atoms with E-state index in [-0.39, 0.29) is 35.3 Å². The number of anilines is 1. The number of amides is 1. The monoisotopic (exact) mass is 431 g/mol. The van der Waals surface area contributed by atoms with Gasteiger partial charge in [-0.05, 0) is 38.5 Å². The van der Waals surface area contributed by atoms with Crippen molar-refractivity contribution in [3.63, 3.8) is 0 Å². The maximum absolute atomic E-state index is 12.3. The van der Waals surface area contributed by atoms with Crippen LogP contribution in [0.5, 0.6) is 5.19 Å². The first-order valence-corrected chi connectivity index (χ1v) is 12.0. The molecule has 0 saturated carbocycles. The molecule has 1 N–H and O–H groups in total. The zero-order chi connectivity index (χ0) is 19.6. The SMILES string of the molecule is Cc1cc(NC(=O)CSc2nnc(OC(C)C)s2)n(C2CCS(=O)(=O)C2)n1. The zero-order valence-corrected chi connectivity index (χ0v) is 17.7. The summed E-state index contributed by atoms with van der Waals surface area (Å²) in [6.45, 7) is 5.62. The highest BCUT2D eigenvalue weighted by atomic mass is 32.2. The van der Waals surface area contributed by atoms with Gasteiger partial charge in [0.15, 0.2) is 14.2 Å². The fourth-order valence-electron chi connectivity index (χ4n) is 2.67. The standard InChI is InChI=1S/C15H21N5O4S3/c1-9(2)24-14-17-18-15(26-14)25-7-13(21)16-12-6-10(3)19-20(12)11-4-5-27(22,23)8-11/h6,9,11H,4-5,7-8H2,1-3H3,(H,16,21). The maximum Gasteiger partial charge on any atom is 0.295 e. The predicted molar refractivity (Wildman–Crippen MR) is 104 cm³/mol. The van der Waals surface area contributed by atoms with E-state index in [1.165, 1.54) is 23.1 Å². The van der Waals surface area contributed by atoms with E-state index in [1.54, 1.807) is 10.7 Å². The van der Waals surface area contributed by atoms with Crippen LogP contribution in [0.1, 0.15) is 32.0 Å². The Bertz CT molecular complexity index is 922. The molecule has 1 unspecified atom stereocenters. The molecule has 1 aliphatic rings. The van der Waals surface area contributed by atoms with E-state index < -0.39 is 9.84 Å². The Morgan fingerprint density at radius 2 is 2.26 bits per heavy atom. The molecule has 9 nitrogen and oxygen atoms in total. The van der Waals surface area contributed by atoms with E-state index >= 15 is 0 Å². The number of aryl methyl sites for hydroxylation is 1. The van der Waals surface area contributed by atoms with Crippen LogP contribution in [0, 0.1) is 6.92 Å². The molecule has 3 rings (SSSR count). The number of rotatable bonds is 7. The smallest absolute Gasteiger partial charge is 0.295 e. The lowest BCUT2D eigenvalue weighted by atomic mass is 10.3. The van der Waals surface area contributed by atoms with Crippen LogP contribution in [0.25, 0.3) is 0 Å². The predicted octanol–water partition coefficient (Wildman–Crippen LogP) is 1.92. The number of aromatic nitrogens is 4. The number of nitrogens with zero attached hydrogens (tertiary/aromatic N) is 4. The summed E-state index contributed by atoms with van der Waals surface area (Å²) in [6.07, 6.45) is 0.520. The Labute approximate surface area is 165 Å². The number of sulfone groups is 1. The van der Waals surface area contributed by atoms with Gasteiger partial charge in [-0.25, -0.2) is 13.1 Å². The van der Waals surface area contributed by atoms with E-state index in [2.05, 4.69) is 20.6 Å². The van der Waals surface area contributed by atoms with Gasteiger partial charge in [-0.15, -0.1) is 5.10 Å². The number of thioether (sulfide) groups is 1. The Morgan fingerprint density at radius 3 is 2.93 bits per heavy atom. The summed E-state index contributed by atoms with van der Waals surface area (Å²) in [4.78, 5) is 12.3. The van der Waals surface area contributed by atoms with Crippen LogP contribution in [0.2, 0.25) is 0 Å². The van der Waals surface area contributed by atoms with Crippen LogP contribution in [-0.2, 0) is 14.6 Å². The van der Waals surface area contributed by atoms with Crippen LogP contribution < -0.4 is 10.1 Å². The van der Waals surface area contributed by atoms with Crippen molar-refractivity contribution in [3.8, 4) is 5.19 Å². The van der Waals surface area contributed by atoms with E-state index in [4.69, 9.17) is 4.74 Å². The van der Waals surface area contributed by atoms with Crippen LogP contribution in [0.3, 0.4) is 0 Å². The molecule has 0 bridgehead atoms. The average Bonchev–Trinajstić information content (AvgIpc) is 3.24. The van der Waals surface area contributed by atoms with E-state index in [0.717, 1.165) is 5.69 Å². The van der Waals surface area contributed by atoms with Gasteiger partial charge in [-0.2, -0.15) is 5.10 Å². The maximum atomic E-state index is 12.3. The first-order valence-electron chi connectivity index (χ1n) is 8.41. The molecule has 0 radical (unpaired) electrons. The molecule has 1 saturated heterocycles. The van der Waals surface area contributed by atoms with Gasteiger partial charge in [-0.1, -0.05) is 16.9 Å². The zero-order valence-electron chi connectivity index (χ0n) is 15.2. The number of carbonyl (C=O) groups is 1. The first kappa shape index (κ1) is 20.1. The van der Waals surface area contributed by atoms with E-state index in [0.29, 0.717) is 21.8 Å². The molecule has 1 atom stereocenters. The molecule has 1 fully saturated rings. The van der Waals surface area contributed by atoms with Gasteiger partial charge in [0, 0.05) is 6.07 Å². The van der Waals surface area contributed by atoms with Crippen LogP contribution >= 0.6 is 23.1 Å². The number of nitrogens with one attached hydrogen (secondary N) is 1. The minimum Gasteiger partial charge on any atom is -0.466 e. The second-order valence-corrected chi connectivity index (χ2v) is 10.9. The molecule has 2 aromatic rings. The van der Waals surface area contributed by atoms with Gasteiger partial charge in [0.2, 0.25) is 5.91 Å². The summed E-state index contributed by atoms with van der Waals surface area (Å²) >= 11 is 2.56. The van der Waals surface area contributed by atoms with Crippen LogP contribution in [-0.4, -0.2) is 57.7 Å². The third-order valence-electron chi connectivity index (χ3n) is 3.73. The molecule has 1 aliphatic heterocycles. The minimum atomic E-state index is -3.04. The molecule has 0 spiro atoms. The van der Waals surface area contributed by atoms with Gasteiger partial charge < -0.3 is 10.1 Å². The van der Waals surface area contributed by atoms with Gasteiger partial charge >= 0.3 is 0 Å². The Morgan fingerprint density at radius 1 is 1.48 bits per heavy atom. The summed E-state index contributed by atoms with van der Waals surface area (Å²) in [5.41, 5.74) is 0.724. The van der Waals surface area contributed by atoms with E-state index in [9.17, 15) is 13.2 Å². The number of ether oxygens (including phenoxy) is 1. The summed E-state index contributed by atoms with van der Waals surface area (Å²) in [7, 11) is -3.04. The highest BCUT2D eigenvalue weighted by Gasteiger charge is 2.31. The third-order valence-corrected chi connectivity index (χ3v) is 7.43. The fraction of sp³-hybridized carbons (Fsp3) is 0.600. The summed E-state index contributed by atoms with van der Waals surface area (Å²) in [6, 6.07) is 1.50. The summed E-state index contributed by atoms with van der Waals surface area (Å²) in [5.74, 6) is 0.654. The number of hydrogen-bond donors (Lipinski definition) is 1. The lowest BCUT2D eigenvalue weighted by Gasteiger charge is -2.13. The molecule has 0 aromatic carbocycles. The van der Waals surface area contributed by atoms with Crippen molar-refractivity contribution in [2.45, 2.75) is 43.7 Å². The summed E-state index contributed by atoms with van der Waals surface area (Å²) < 4.78 is 31.2. The van der Waals surface area contributed by atoms with Crippen molar-refractivity contribution in [2.75, 3.05) is 22.6 Å². The molecule has 2 aromatic heterocycles. The molecule has 12 heteroatoms. The van der Waals surface area contributed by atoms with Gasteiger partial charge in [0.1, 0.15) is 5.82 Å². The Balaban J connectivity index is 1.59. The highest BCUT2D eigenvalue weighted by Crippen LogP contribution is 2.29. The highest BCUT2D eigenvalue weighted by molar-refractivity contribution is 8.01. The van der Waals surface area contributed by atoms with Gasteiger partial charge in [0.25, 0.3) is 5.19 Å². The second kappa shape index (κ2) is 8.15. The largest absolute Gasteiger partial charge is 0.466 e. The third kappa shape index (κ3) is 5.42. The number of carbonyl (C=O) groups excluding carboxylic acids is 1. The molecule has 1 amide bonds. The van der Waals surface area contributed by atoms with Crippen molar-refractivity contribution in [2.24, 2.45) is 0 Å². The van der Waals surface area contributed by atoms with Crippen LogP contribution in [0.4, 0.5) is 5.82 Å². The fourth-order valence-corrected chi connectivity index (χ4v) is 5.96. The molecule has 3 heterocycles. The Hall–Kier alpha value is -1.66. The van der Waals surface area contributed by atoms with Crippen LogP contribution in [0.15, 0.2) is 10.4 Å². The first-order chi connectivity index (χ1) is 12.7. The van der Waals surface area contributed by atoms with Gasteiger partial charge in [0.05, 0.1) is 35.1 Å². The Kier molecular flexibility index (Phi) is 6.06. The lowest BCUT2D eigenvalue weighted by molar-refractivity contribution is -0.113. The van der Waals surface area contributed by atoms with Crippen molar-refractivity contribution in [1.82, 2.24) is 20.0 Å². The molecule has 0 aliphatic carbocycles. The lowest BCUT2D eigenvalue weighted by Crippen LogP contribution is -2.20. The number of hydrogen-bond acceptors (Lipinski definition) is 9. The molecule has 27 heavy (non-hydrogen) atoms. The van der Waals surface area contributed by atoms with Crippen molar-refractivity contribution >= 4 is 44.7 Å². The quantitative estimate of drug-likeness (QED) is 0.661. The van der Waals surface area contributed by atoms with E-state index in [1.807, 2.05) is 20.8 Å². The second-order valence-electron chi connectivity index (χ2n) is 6.51. The van der Waals surface area contributed by atoms with Gasteiger partial charge in [-0.3, -0.25) is 4.79 Å².